The van der Waals surface area contributed by atoms with Crippen LogP contribution in [-0.4, -0.2) is 15.1 Å². The van der Waals surface area contributed by atoms with Gasteiger partial charge in [-0.15, -0.1) is 0 Å². The number of nitrogens with two attached hydrogens (primary N) is 2. The van der Waals surface area contributed by atoms with E-state index in [2.05, 4.69) is 0 Å². The van der Waals surface area contributed by atoms with Crippen molar-refractivity contribution in [2.75, 3.05) is 0 Å². The second-order valence-electron chi connectivity index (χ2n) is 3.78. The summed E-state index contributed by atoms with van der Waals surface area (Å²) in [7, 11) is 0. The van der Waals surface area contributed by atoms with Crippen LogP contribution in [0.1, 0.15) is 11.1 Å². The Bertz CT molecular complexity index is 542. The Labute approximate surface area is 133 Å². The Morgan fingerprint density at radius 3 is 1.50 bits per heavy atom. The number of halogens is 1. The van der Waals surface area contributed by atoms with Crippen LogP contribution in [-0.2, 0) is 0 Å². The number of hydrogen-bond donors (Lipinski definition) is 3. The number of thiocarbonyl (C=S) groups is 2. The number of benzene rings is 2. The van der Waals surface area contributed by atoms with Gasteiger partial charge in [0.2, 0.25) is 0 Å². The van der Waals surface area contributed by atoms with Crippen LogP contribution >= 0.6 is 36.0 Å². The van der Waals surface area contributed by atoms with Crippen molar-refractivity contribution < 1.29 is 5.11 Å². The Kier molecular flexibility index (Phi) is 6.38. The summed E-state index contributed by atoms with van der Waals surface area (Å²) in [6.07, 6.45) is 0. The van der Waals surface area contributed by atoms with Crippen molar-refractivity contribution in [1.29, 1.82) is 0 Å². The van der Waals surface area contributed by atoms with Crippen molar-refractivity contribution in [3.8, 4) is 5.75 Å². The lowest BCUT2D eigenvalue weighted by Crippen LogP contribution is -2.08. The van der Waals surface area contributed by atoms with Crippen LogP contribution in [0.3, 0.4) is 0 Å². The van der Waals surface area contributed by atoms with Gasteiger partial charge in [-0.1, -0.05) is 48.2 Å². The van der Waals surface area contributed by atoms with E-state index in [0.29, 0.717) is 15.0 Å². The summed E-state index contributed by atoms with van der Waals surface area (Å²) in [6, 6.07) is 13.6. The first-order valence-corrected chi connectivity index (χ1v) is 6.74. The highest BCUT2D eigenvalue weighted by molar-refractivity contribution is 7.80. The fourth-order valence-corrected chi connectivity index (χ4v) is 1.64. The van der Waals surface area contributed by atoms with Gasteiger partial charge in [0, 0.05) is 16.1 Å². The van der Waals surface area contributed by atoms with Crippen LogP contribution < -0.4 is 11.5 Å². The van der Waals surface area contributed by atoms with E-state index in [-0.39, 0.29) is 5.75 Å². The van der Waals surface area contributed by atoms with E-state index in [1.165, 1.54) is 0 Å². The van der Waals surface area contributed by atoms with E-state index in [9.17, 15) is 0 Å². The second kappa shape index (κ2) is 7.79. The highest BCUT2D eigenvalue weighted by Gasteiger charge is 1.93. The minimum absolute atomic E-state index is 0.222. The molecule has 0 bridgehead atoms. The molecule has 0 saturated heterocycles. The summed E-state index contributed by atoms with van der Waals surface area (Å²) < 4.78 is 0. The number of phenolic OH excluding ortho intramolecular Hbond substituents is 1. The van der Waals surface area contributed by atoms with E-state index in [4.69, 9.17) is 52.6 Å². The van der Waals surface area contributed by atoms with Gasteiger partial charge in [0.05, 0.1) is 0 Å². The first kappa shape index (κ1) is 16.4. The molecule has 2 aromatic rings. The Morgan fingerprint density at radius 2 is 1.15 bits per heavy atom. The lowest BCUT2D eigenvalue weighted by atomic mass is 10.2. The molecule has 0 aliphatic heterocycles. The number of rotatable bonds is 2. The fourth-order valence-electron chi connectivity index (χ4n) is 1.24. The molecule has 0 unspecified atom stereocenters. The van der Waals surface area contributed by atoms with Crippen molar-refractivity contribution in [3.05, 3.63) is 64.7 Å². The molecule has 0 fully saturated rings. The maximum absolute atomic E-state index is 8.85. The van der Waals surface area contributed by atoms with Gasteiger partial charge in [-0.25, -0.2) is 0 Å². The van der Waals surface area contributed by atoms with E-state index >= 15 is 0 Å². The zero-order chi connectivity index (χ0) is 15.1. The normalized spacial score (nSPS) is 9.25. The molecule has 0 atom stereocenters. The van der Waals surface area contributed by atoms with Gasteiger partial charge in [-0.2, -0.15) is 0 Å². The maximum Gasteiger partial charge on any atom is 0.115 e. The summed E-state index contributed by atoms with van der Waals surface area (Å²) >= 11 is 15.1. The Balaban J connectivity index is 0.000000200. The van der Waals surface area contributed by atoms with Crippen molar-refractivity contribution in [2.45, 2.75) is 0 Å². The summed E-state index contributed by atoms with van der Waals surface area (Å²) in [4.78, 5) is 0.747. The highest BCUT2D eigenvalue weighted by Crippen LogP contribution is 2.09. The Morgan fingerprint density at radius 1 is 0.800 bits per heavy atom. The van der Waals surface area contributed by atoms with Crippen molar-refractivity contribution in [2.24, 2.45) is 11.5 Å². The molecule has 5 N–H and O–H groups in total. The third-order valence-corrected chi connectivity index (χ3v) is 3.00. The molecule has 0 amide bonds. The average molecular weight is 325 g/mol. The molecule has 0 aliphatic rings. The lowest BCUT2D eigenvalue weighted by molar-refractivity contribution is 0.475. The summed E-state index contributed by atoms with van der Waals surface area (Å²) in [6.45, 7) is 0. The average Bonchev–Trinajstić information content (AvgIpc) is 2.40. The molecular formula is C14H13ClN2OS2. The van der Waals surface area contributed by atoms with Crippen LogP contribution in [0.4, 0.5) is 0 Å². The van der Waals surface area contributed by atoms with Gasteiger partial charge in [0.15, 0.2) is 0 Å². The zero-order valence-corrected chi connectivity index (χ0v) is 12.8. The molecule has 0 saturated carbocycles. The number of hydrogen-bond acceptors (Lipinski definition) is 3. The molecule has 104 valence electrons. The topological polar surface area (TPSA) is 72.3 Å². The molecule has 20 heavy (non-hydrogen) atoms. The molecule has 3 nitrogen and oxygen atoms in total. The summed E-state index contributed by atoms with van der Waals surface area (Å²) in [5.41, 5.74) is 12.3. The third kappa shape index (κ3) is 5.52. The van der Waals surface area contributed by atoms with Gasteiger partial charge in [0.1, 0.15) is 15.7 Å². The molecule has 2 aromatic carbocycles. The van der Waals surface area contributed by atoms with Crippen molar-refractivity contribution in [1.82, 2.24) is 0 Å². The molecule has 0 heterocycles. The standard InChI is InChI=1S/C7H6ClNS.C7H7NOS/c8-6-3-1-5(2-4-6)7(9)10;8-7(10)5-1-3-6(9)4-2-5/h1-4H,(H2,9,10);1-4,9H,(H2,8,10). The molecule has 6 heteroatoms. The third-order valence-electron chi connectivity index (χ3n) is 2.28. The van der Waals surface area contributed by atoms with Crippen LogP contribution in [0.2, 0.25) is 5.02 Å². The Hall–Kier alpha value is -1.69. The monoisotopic (exact) mass is 324 g/mol. The van der Waals surface area contributed by atoms with Gasteiger partial charge in [0.25, 0.3) is 0 Å². The first-order chi connectivity index (χ1) is 9.40. The minimum Gasteiger partial charge on any atom is -0.508 e. The maximum atomic E-state index is 8.85. The van der Waals surface area contributed by atoms with Crippen LogP contribution in [0.15, 0.2) is 48.5 Å². The predicted octanol–water partition coefficient (Wildman–Crippen LogP) is 3.00. The fraction of sp³-hybridized carbons (Fsp3) is 0. The number of aromatic hydroxyl groups is 1. The van der Waals surface area contributed by atoms with Crippen LogP contribution in [0, 0.1) is 0 Å². The van der Waals surface area contributed by atoms with Gasteiger partial charge >= 0.3 is 0 Å². The van der Waals surface area contributed by atoms with Crippen LogP contribution in [0.5, 0.6) is 5.75 Å². The minimum atomic E-state index is 0.222. The molecular weight excluding hydrogens is 312 g/mol. The molecule has 0 aliphatic carbocycles. The molecule has 2 rings (SSSR count). The van der Waals surface area contributed by atoms with Gasteiger partial charge in [-0.3, -0.25) is 0 Å². The predicted molar refractivity (Wildman–Crippen MR) is 91.3 cm³/mol. The number of phenols is 1. The summed E-state index contributed by atoms with van der Waals surface area (Å²) in [5, 5.41) is 9.55. The van der Waals surface area contributed by atoms with E-state index in [1.807, 2.05) is 0 Å². The van der Waals surface area contributed by atoms with E-state index in [1.54, 1.807) is 48.5 Å². The first-order valence-electron chi connectivity index (χ1n) is 5.54. The molecule has 0 aromatic heterocycles. The summed E-state index contributed by atoms with van der Waals surface area (Å²) in [5.74, 6) is 0.222. The lowest BCUT2D eigenvalue weighted by Gasteiger charge is -1.95. The van der Waals surface area contributed by atoms with E-state index in [0.717, 1.165) is 11.1 Å². The SMILES string of the molecule is NC(=S)c1ccc(Cl)cc1.NC(=S)c1ccc(O)cc1. The van der Waals surface area contributed by atoms with Crippen molar-refractivity contribution in [3.63, 3.8) is 0 Å². The van der Waals surface area contributed by atoms with Crippen LogP contribution in [0.25, 0.3) is 0 Å². The second-order valence-corrected chi connectivity index (χ2v) is 5.10. The zero-order valence-electron chi connectivity index (χ0n) is 10.4. The van der Waals surface area contributed by atoms with Crippen molar-refractivity contribution >= 4 is 46.0 Å². The van der Waals surface area contributed by atoms with Gasteiger partial charge in [-0.05, 0) is 36.4 Å². The highest BCUT2D eigenvalue weighted by atomic mass is 35.5. The van der Waals surface area contributed by atoms with Gasteiger partial charge < -0.3 is 16.6 Å². The quantitative estimate of drug-likeness (QED) is 0.741. The van der Waals surface area contributed by atoms with E-state index < -0.39 is 0 Å². The largest absolute Gasteiger partial charge is 0.508 e. The smallest absolute Gasteiger partial charge is 0.115 e. The molecule has 0 spiro atoms. The molecule has 0 radical (unpaired) electrons.